The average molecular weight is 316 g/mol. The van der Waals surface area contributed by atoms with Crippen molar-refractivity contribution in [3.8, 4) is 0 Å². The first-order chi connectivity index (χ1) is 10.1. The molecule has 0 N–H and O–H groups in total. The van der Waals surface area contributed by atoms with Gasteiger partial charge in [0.05, 0.1) is 10.9 Å². The molecule has 0 atom stereocenters. The van der Waals surface area contributed by atoms with Crippen LogP contribution in [0.15, 0.2) is 42.5 Å². The molecule has 0 radical (unpaired) electrons. The van der Waals surface area contributed by atoms with Crippen LogP contribution in [0, 0.1) is 5.21 Å². The minimum atomic E-state index is 0.398. The van der Waals surface area contributed by atoms with Crippen LogP contribution in [0.3, 0.4) is 0 Å². The summed E-state index contributed by atoms with van der Waals surface area (Å²) in [6, 6.07) is 12.5. The molecule has 0 saturated carbocycles. The molecule has 2 heterocycles. The first kappa shape index (κ1) is 12.6. The number of hydrogen-bond acceptors (Lipinski definition) is 3. The van der Waals surface area contributed by atoms with Gasteiger partial charge in [0.2, 0.25) is 5.65 Å². The van der Waals surface area contributed by atoms with Crippen LogP contribution in [-0.4, -0.2) is 10.1 Å². The van der Waals surface area contributed by atoms with Gasteiger partial charge in [-0.3, -0.25) is 0 Å². The molecule has 0 saturated heterocycles. The number of rotatable bonds is 0. The SMILES string of the molecule is [O-][n+]1nc2nc3ccc(Cl)cc3cc2c2ccc(Cl)cc21. The summed E-state index contributed by atoms with van der Waals surface area (Å²) in [6.45, 7) is 0. The summed E-state index contributed by atoms with van der Waals surface area (Å²) in [5, 5.41) is 19.6. The van der Waals surface area contributed by atoms with E-state index in [1.165, 1.54) is 0 Å². The van der Waals surface area contributed by atoms with Gasteiger partial charge in [0.25, 0.3) is 5.52 Å². The standard InChI is InChI=1S/C15H7Cl2N3O/c16-9-2-4-13-8(5-9)6-12-11-3-1-10(17)7-14(11)20(21)19-15(12)18-13/h1-7H. The molecule has 4 aromatic rings. The van der Waals surface area contributed by atoms with Crippen molar-refractivity contribution in [1.29, 1.82) is 0 Å². The molecule has 0 bridgehead atoms. The largest absolute Gasteiger partial charge is 0.594 e. The van der Waals surface area contributed by atoms with Crippen molar-refractivity contribution in [2.45, 2.75) is 0 Å². The maximum absolute atomic E-state index is 12.0. The van der Waals surface area contributed by atoms with E-state index < -0.39 is 0 Å². The minimum Gasteiger partial charge on any atom is -0.594 e. The summed E-state index contributed by atoms with van der Waals surface area (Å²) in [4.78, 5) is 4.98. The van der Waals surface area contributed by atoms with Crippen LogP contribution >= 0.6 is 23.2 Å². The van der Waals surface area contributed by atoms with Gasteiger partial charge in [0, 0.05) is 32.0 Å². The highest BCUT2D eigenvalue weighted by Gasteiger charge is 2.14. The van der Waals surface area contributed by atoms with E-state index in [1.807, 2.05) is 12.1 Å². The molecule has 0 aliphatic rings. The van der Waals surface area contributed by atoms with E-state index >= 15 is 0 Å². The molecule has 102 valence electrons. The number of fused-ring (bicyclic) bond motifs is 4. The molecule has 4 rings (SSSR count). The Balaban J connectivity index is 2.23. The predicted octanol–water partition coefficient (Wildman–Crippen LogP) is 3.88. The van der Waals surface area contributed by atoms with Crippen LogP contribution in [0.2, 0.25) is 10.0 Å². The van der Waals surface area contributed by atoms with E-state index in [4.69, 9.17) is 23.2 Å². The zero-order valence-electron chi connectivity index (χ0n) is 10.5. The molecule has 4 nitrogen and oxygen atoms in total. The van der Waals surface area contributed by atoms with Gasteiger partial charge in [0.1, 0.15) is 0 Å². The Morgan fingerprint density at radius 1 is 0.905 bits per heavy atom. The molecule has 0 spiro atoms. The van der Waals surface area contributed by atoms with Crippen molar-refractivity contribution in [3.05, 3.63) is 57.7 Å². The molecular formula is C15H7Cl2N3O. The maximum Gasteiger partial charge on any atom is 0.254 e. The van der Waals surface area contributed by atoms with Crippen molar-refractivity contribution in [2.24, 2.45) is 0 Å². The van der Waals surface area contributed by atoms with Gasteiger partial charge in [-0.15, -0.1) is 0 Å². The topological polar surface area (TPSA) is 52.7 Å². The Labute approximate surface area is 129 Å². The Bertz CT molecular complexity index is 1030. The van der Waals surface area contributed by atoms with E-state index in [9.17, 15) is 5.21 Å². The summed E-state index contributed by atoms with van der Waals surface area (Å²) in [7, 11) is 0. The third-order valence-electron chi connectivity index (χ3n) is 3.40. The first-order valence-electron chi connectivity index (χ1n) is 6.21. The number of hydrogen-bond donors (Lipinski definition) is 0. The second-order valence-corrected chi connectivity index (χ2v) is 5.60. The summed E-state index contributed by atoms with van der Waals surface area (Å²) < 4.78 is 0. The Hall–Kier alpha value is -2.17. The van der Waals surface area contributed by atoms with Crippen LogP contribution in [0.1, 0.15) is 0 Å². The van der Waals surface area contributed by atoms with E-state index in [2.05, 4.69) is 10.1 Å². The van der Waals surface area contributed by atoms with Crippen molar-refractivity contribution >= 4 is 56.0 Å². The molecule has 2 aromatic heterocycles. The fourth-order valence-electron chi connectivity index (χ4n) is 2.44. The average Bonchev–Trinajstić information content (AvgIpc) is 2.46. The van der Waals surface area contributed by atoms with Gasteiger partial charge in [-0.1, -0.05) is 23.2 Å². The highest BCUT2D eigenvalue weighted by Crippen LogP contribution is 2.27. The van der Waals surface area contributed by atoms with E-state index in [0.717, 1.165) is 21.7 Å². The fourth-order valence-corrected chi connectivity index (χ4v) is 2.79. The van der Waals surface area contributed by atoms with Crippen molar-refractivity contribution in [1.82, 2.24) is 10.1 Å². The summed E-state index contributed by atoms with van der Waals surface area (Å²) in [6.07, 6.45) is 0. The lowest BCUT2D eigenvalue weighted by Gasteiger charge is -2.05. The summed E-state index contributed by atoms with van der Waals surface area (Å²) in [5.41, 5.74) is 1.56. The molecule has 0 aliphatic heterocycles. The zero-order chi connectivity index (χ0) is 14.6. The zero-order valence-corrected chi connectivity index (χ0v) is 12.1. The van der Waals surface area contributed by atoms with Gasteiger partial charge in [-0.25, -0.2) is 4.98 Å². The third-order valence-corrected chi connectivity index (χ3v) is 3.87. The molecule has 0 fully saturated rings. The van der Waals surface area contributed by atoms with Crippen molar-refractivity contribution < 1.29 is 4.85 Å². The fraction of sp³-hybridized carbons (Fsp3) is 0. The lowest BCUT2D eigenvalue weighted by atomic mass is 10.1. The van der Waals surface area contributed by atoms with E-state index in [1.54, 1.807) is 30.3 Å². The van der Waals surface area contributed by atoms with Gasteiger partial charge < -0.3 is 5.21 Å². The summed E-state index contributed by atoms with van der Waals surface area (Å²) in [5.74, 6) is 0. The smallest absolute Gasteiger partial charge is 0.254 e. The lowest BCUT2D eigenvalue weighted by Crippen LogP contribution is -2.32. The third kappa shape index (κ3) is 1.95. The molecule has 21 heavy (non-hydrogen) atoms. The van der Waals surface area contributed by atoms with Crippen molar-refractivity contribution in [2.75, 3.05) is 0 Å². The molecule has 2 aromatic carbocycles. The lowest BCUT2D eigenvalue weighted by molar-refractivity contribution is -0.640. The number of halogens is 2. The molecule has 6 heteroatoms. The Morgan fingerprint density at radius 3 is 2.52 bits per heavy atom. The monoisotopic (exact) mass is 315 g/mol. The number of pyridine rings is 1. The Kier molecular flexibility index (Phi) is 2.64. The number of benzene rings is 2. The minimum absolute atomic E-state index is 0.398. The molecule has 0 unspecified atom stereocenters. The number of aromatic nitrogens is 3. The maximum atomic E-state index is 12.0. The van der Waals surface area contributed by atoms with Crippen LogP contribution < -0.4 is 4.85 Å². The van der Waals surface area contributed by atoms with Crippen LogP contribution in [-0.2, 0) is 0 Å². The van der Waals surface area contributed by atoms with Gasteiger partial charge in [-0.05, 0) is 41.2 Å². The molecular weight excluding hydrogens is 309 g/mol. The van der Waals surface area contributed by atoms with Gasteiger partial charge in [-0.2, -0.15) is 0 Å². The quantitative estimate of drug-likeness (QED) is 0.214. The summed E-state index contributed by atoms with van der Waals surface area (Å²) >= 11 is 12.0. The second kappa shape index (κ2) is 4.41. The molecule has 0 aliphatic carbocycles. The number of nitrogens with zero attached hydrogens (tertiary/aromatic N) is 3. The Morgan fingerprint density at radius 2 is 1.67 bits per heavy atom. The first-order valence-corrected chi connectivity index (χ1v) is 6.96. The van der Waals surface area contributed by atoms with Gasteiger partial charge >= 0.3 is 0 Å². The van der Waals surface area contributed by atoms with E-state index in [0.29, 0.717) is 26.1 Å². The highest BCUT2D eigenvalue weighted by atomic mass is 35.5. The second-order valence-electron chi connectivity index (χ2n) is 4.73. The van der Waals surface area contributed by atoms with Crippen molar-refractivity contribution in [3.63, 3.8) is 0 Å². The van der Waals surface area contributed by atoms with Crippen LogP contribution in [0.4, 0.5) is 0 Å². The van der Waals surface area contributed by atoms with Crippen LogP contribution in [0.5, 0.6) is 0 Å². The normalized spacial score (nSPS) is 11.5. The van der Waals surface area contributed by atoms with E-state index in [-0.39, 0.29) is 0 Å². The van der Waals surface area contributed by atoms with Gasteiger partial charge in [0.15, 0.2) is 0 Å². The van der Waals surface area contributed by atoms with Crippen LogP contribution in [0.25, 0.3) is 32.8 Å². The predicted molar refractivity (Wildman–Crippen MR) is 83.5 cm³/mol. The highest BCUT2D eigenvalue weighted by molar-refractivity contribution is 6.32. The molecule has 0 amide bonds.